The number of anilines is 1. The molecule has 1 aromatic carbocycles. The van der Waals surface area contributed by atoms with Crippen LogP contribution in [0, 0.1) is 0 Å². The molecular weight excluding hydrogens is 262 g/mol. The van der Waals surface area contributed by atoms with E-state index in [1.807, 2.05) is 6.92 Å². The molecule has 0 fully saturated rings. The standard InChI is InChI=1S/C14H13NO5/c1-2-15-10-7-9(11(16)4-6-14(18)19)3-5-12(10)20-8-13(15)17/h3-7H,2,8H2,1H3,(H,18,19)/b6-4+. The van der Waals surface area contributed by atoms with Crippen LogP contribution in [0.4, 0.5) is 5.69 Å². The molecule has 104 valence electrons. The number of fused-ring (bicyclic) bond motifs is 1. The molecule has 20 heavy (non-hydrogen) atoms. The zero-order valence-corrected chi connectivity index (χ0v) is 10.8. The minimum Gasteiger partial charge on any atom is -0.482 e. The summed E-state index contributed by atoms with van der Waals surface area (Å²) < 4.78 is 5.29. The first-order valence-corrected chi connectivity index (χ1v) is 6.05. The molecule has 0 aromatic heterocycles. The van der Waals surface area contributed by atoms with Gasteiger partial charge in [-0.25, -0.2) is 4.79 Å². The number of aliphatic carboxylic acids is 1. The number of carboxylic acids is 1. The van der Waals surface area contributed by atoms with Gasteiger partial charge in [0.2, 0.25) is 0 Å². The van der Waals surface area contributed by atoms with E-state index in [1.54, 1.807) is 6.07 Å². The topological polar surface area (TPSA) is 83.9 Å². The summed E-state index contributed by atoms with van der Waals surface area (Å²) in [5, 5.41) is 8.50. The average Bonchev–Trinajstić information content (AvgIpc) is 2.44. The molecule has 6 nitrogen and oxygen atoms in total. The van der Waals surface area contributed by atoms with Gasteiger partial charge in [0.25, 0.3) is 5.91 Å². The first-order chi connectivity index (χ1) is 9.52. The van der Waals surface area contributed by atoms with E-state index in [2.05, 4.69) is 0 Å². The number of rotatable bonds is 4. The lowest BCUT2D eigenvalue weighted by Crippen LogP contribution is -2.38. The molecule has 1 aliphatic rings. The number of nitrogens with zero attached hydrogens (tertiary/aromatic N) is 1. The zero-order chi connectivity index (χ0) is 14.7. The quantitative estimate of drug-likeness (QED) is 0.660. The molecule has 0 radical (unpaired) electrons. The number of carbonyl (C=O) groups is 3. The Kier molecular flexibility index (Phi) is 3.84. The fourth-order valence-electron chi connectivity index (χ4n) is 1.95. The van der Waals surface area contributed by atoms with Gasteiger partial charge in [-0.2, -0.15) is 0 Å². The lowest BCUT2D eigenvalue weighted by atomic mass is 10.1. The number of amides is 1. The fraction of sp³-hybridized carbons (Fsp3) is 0.214. The van der Waals surface area contributed by atoms with E-state index in [1.165, 1.54) is 17.0 Å². The second-order valence-electron chi connectivity index (χ2n) is 4.14. The number of allylic oxidation sites excluding steroid dienone is 1. The molecule has 0 saturated heterocycles. The van der Waals surface area contributed by atoms with Gasteiger partial charge in [0, 0.05) is 18.2 Å². The molecule has 0 spiro atoms. The molecule has 1 amide bonds. The van der Waals surface area contributed by atoms with E-state index in [0.717, 1.165) is 12.2 Å². The van der Waals surface area contributed by atoms with Gasteiger partial charge in [-0.05, 0) is 31.2 Å². The number of hydrogen-bond acceptors (Lipinski definition) is 4. The van der Waals surface area contributed by atoms with E-state index in [9.17, 15) is 14.4 Å². The molecule has 0 aliphatic carbocycles. The molecule has 0 unspecified atom stereocenters. The molecule has 1 N–H and O–H groups in total. The van der Waals surface area contributed by atoms with Crippen molar-refractivity contribution in [2.75, 3.05) is 18.1 Å². The summed E-state index contributed by atoms with van der Waals surface area (Å²) in [4.78, 5) is 35.4. The van der Waals surface area contributed by atoms with Crippen molar-refractivity contribution in [1.29, 1.82) is 0 Å². The number of carboxylic acid groups (broad SMARTS) is 1. The van der Waals surface area contributed by atoms with E-state index >= 15 is 0 Å². The highest BCUT2D eigenvalue weighted by Crippen LogP contribution is 2.32. The molecular formula is C14H13NO5. The summed E-state index contributed by atoms with van der Waals surface area (Å²) in [7, 11) is 0. The van der Waals surface area contributed by atoms with Gasteiger partial charge in [-0.15, -0.1) is 0 Å². The highest BCUT2D eigenvalue weighted by molar-refractivity contribution is 6.08. The Morgan fingerprint density at radius 2 is 2.15 bits per heavy atom. The molecule has 2 rings (SSSR count). The molecule has 0 atom stereocenters. The Morgan fingerprint density at radius 3 is 2.80 bits per heavy atom. The summed E-state index contributed by atoms with van der Waals surface area (Å²) >= 11 is 0. The number of carbonyl (C=O) groups excluding carboxylic acids is 2. The van der Waals surface area contributed by atoms with Crippen molar-refractivity contribution in [3.63, 3.8) is 0 Å². The van der Waals surface area contributed by atoms with Crippen LogP contribution in [-0.4, -0.2) is 35.9 Å². The second-order valence-corrected chi connectivity index (χ2v) is 4.14. The van der Waals surface area contributed by atoms with Gasteiger partial charge < -0.3 is 14.7 Å². The summed E-state index contributed by atoms with van der Waals surface area (Å²) in [5.74, 6) is -1.27. The maximum absolute atomic E-state index is 11.8. The Bertz CT molecular complexity index is 606. The van der Waals surface area contributed by atoms with Gasteiger partial charge >= 0.3 is 5.97 Å². The second kappa shape index (κ2) is 5.56. The van der Waals surface area contributed by atoms with Crippen LogP contribution in [0.1, 0.15) is 17.3 Å². The van der Waals surface area contributed by atoms with Crippen molar-refractivity contribution in [1.82, 2.24) is 0 Å². The summed E-state index contributed by atoms with van der Waals surface area (Å²) in [6, 6.07) is 4.67. The monoisotopic (exact) mass is 275 g/mol. The number of ether oxygens (including phenoxy) is 1. The number of benzene rings is 1. The van der Waals surface area contributed by atoms with E-state index in [0.29, 0.717) is 23.5 Å². The number of likely N-dealkylation sites (N-methyl/N-ethyl adjacent to an activating group) is 1. The van der Waals surface area contributed by atoms with Gasteiger partial charge in [0.1, 0.15) is 5.75 Å². The van der Waals surface area contributed by atoms with Crippen LogP contribution in [0.5, 0.6) is 5.75 Å². The van der Waals surface area contributed by atoms with Gasteiger partial charge in [-0.3, -0.25) is 9.59 Å². The van der Waals surface area contributed by atoms with E-state index in [-0.39, 0.29) is 12.5 Å². The highest BCUT2D eigenvalue weighted by Gasteiger charge is 2.24. The van der Waals surface area contributed by atoms with Crippen LogP contribution >= 0.6 is 0 Å². The SMILES string of the molecule is CCN1C(=O)COc2ccc(C(=O)/C=C/C(=O)O)cc21. The third-order valence-electron chi connectivity index (χ3n) is 2.88. The average molecular weight is 275 g/mol. The van der Waals surface area contributed by atoms with Crippen molar-refractivity contribution in [2.45, 2.75) is 6.92 Å². The summed E-state index contributed by atoms with van der Waals surface area (Å²) in [6.45, 7) is 2.27. The number of hydrogen-bond donors (Lipinski definition) is 1. The predicted octanol–water partition coefficient (Wildman–Crippen LogP) is 1.26. The van der Waals surface area contributed by atoms with Crippen LogP contribution in [0.2, 0.25) is 0 Å². The van der Waals surface area contributed by atoms with Crippen molar-refractivity contribution >= 4 is 23.3 Å². The lowest BCUT2D eigenvalue weighted by molar-refractivity contribution is -0.131. The number of ketones is 1. The molecule has 0 bridgehead atoms. The largest absolute Gasteiger partial charge is 0.482 e. The van der Waals surface area contributed by atoms with Gasteiger partial charge in [-0.1, -0.05) is 0 Å². The third kappa shape index (κ3) is 2.69. The fourth-order valence-corrected chi connectivity index (χ4v) is 1.95. The van der Waals surface area contributed by atoms with E-state index in [4.69, 9.17) is 9.84 Å². The van der Waals surface area contributed by atoms with Crippen LogP contribution < -0.4 is 9.64 Å². The molecule has 1 aliphatic heterocycles. The molecule has 1 aromatic rings. The van der Waals surface area contributed by atoms with Crippen molar-refractivity contribution in [3.8, 4) is 5.75 Å². The Balaban J connectivity index is 2.35. The van der Waals surface area contributed by atoms with Crippen LogP contribution in [-0.2, 0) is 9.59 Å². The first-order valence-electron chi connectivity index (χ1n) is 6.05. The lowest BCUT2D eigenvalue weighted by Gasteiger charge is -2.28. The maximum Gasteiger partial charge on any atom is 0.328 e. The molecule has 1 heterocycles. The van der Waals surface area contributed by atoms with Crippen molar-refractivity contribution < 1.29 is 24.2 Å². The predicted molar refractivity (Wildman–Crippen MR) is 71.1 cm³/mol. The van der Waals surface area contributed by atoms with Crippen LogP contribution in [0.3, 0.4) is 0 Å². The normalized spacial score (nSPS) is 14.1. The minimum atomic E-state index is -1.19. The Labute approximate surface area is 115 Å². The van der Waals surface area contributed by atoms with Crippen molar-refractivity contribution in [2.24, 2.45) is 0 Å². The minimum absolute atomic E-state index is 0.0208. The van der Waals surface area contributed by atoms with Gasteiger partial charge in [0.15, 0.2) is 12.4 Å². The first kappa shape index (κ1) is 13.8. The summed E-state index contributed by atoms with van der Waals surface area (Å²) in [5.41, 5.74) is 0.830. The van der Waals surface area contributed by atoms with Crippen LogP contribution in [0.25, 0.3) is 0 Å². The van der Waals surface area contributed by atoms with Crippen molar-refractivity contribution in [3.05, 3.63) is 35.9 Å². The Morgan fingerprint density at radius 1 is 1.40 bits per heavy atom. The van der Waals surface area contributed by atoms with E-state index < -0.39 is 11.8 Å². The zero-order valence-electron chi connectivity index (χ0n) is 10.8. The smallest absolute Gasteiger partial charge is 0.328 e. The third-order valence-corrected chi connectivity index (χ3v) is 2.88. The summed E-state index contributed by atoms with van der Waals surface area (Å²) in [6.07, 6.45) is 1.76. The molecule has 6 heteroatoms. The Hall–Kier alpha value is -2.63. The maximum atomic E-state index is 11.8. The van der Waals surface area contributed by atoms with Crippen LogP contribution in [0.15, 0.2) is 30.4 Å². The van der Waals surface area contributed by atoms with Gasteiger partial charge in [0.05, 0.1) is 5.69 Å². The molecule has 0 saturated carbocycles. The highest BCUT2D eigenvalue weighted by atomic mass is 16.5.